The SMILES string of the molecule is N=CN=C(N)Cl. The summed E-state index contributed by atoms with van der Waals surface area (Å²) in [5.74, 6) is 0. The average Bonchev–Trinajstić information content (AvgIpc) is 1.35. The molecule has 0 aromatic rings. The van der Waals surface area contributed by atoms with E-state index in [-0.39, 0.29) is 5.29 Å². The first-order valence-corrected chi connectivity index (χ1v) is 1.63. The Hall–Kier alpha value is -0.570. The topological polar surface area (TPSA) is 62.2 Å². The van der Waals surface area contributed by atoms with Gasteiger partial charge in [-0.3, -0.25) is 5.41 Å². The number of nitrogens with two attached hydrogens (primary N) is 1. The van der Waals surface area contributed by atoms with Gasteiger partial charge < -0.3 is 5.73 Å². The summed E-state index contributed by atoms with van der Waals surface area (Å²) in [6, 6.07) is 0. The van der Waals surface area contributed by atoms with Crippen LogP contribution in [-0.4, -0.2) is 11.6 Å². The molecule has 0 saturated heterocycles. The molecule has 0 aromatic carbocycles. The molecule has 0 spiro atoms. The van der Waals surface area contributed by atoms with Gasteiger partial charge in [0.1, 0.15) is 6.34 Å². The zero-order valence-corrected chi connectivity index (χ0v) is 3.74. The third-order valence-corrected chi connectivity index (χ3v) is 0.285. The van der Waals surface area contributed by atoms with Crippen molar-refractivity contribution in [3.8, 4) is 0 Å². The zero-order chi connectivity index (χ0) is 4.99. The maximum atomic E-state index is 6.26. The highest BCUT2D eigenvalue weighted by molar-refractivity contribution is 6.64. The van der Waals surface area contributed by atoms with Gasteiger partial charge in [-0.1, -0.05) is 0 Å². The zero-order valence-electron chi connectivity index (χ0n) is 2.98. The van der Waals surface area contributed by atoms with Crippen LogP contribution in [0.15, 0.2) is 4.99 Å². The summed E-state index contributed by atoms with van der Waals surface area (Å²) >= 11 is 4.95. The summed E-state index contributed by atoms with van der Waals surface area (Å²) in [7, 11) is 0. The molecule has 3 nitrogen and oxygen atoms in total. The molecular formula is C2H4ClN3. The molecule has 34 valence electrons. The van der Waals surface area contributed by atoms with Crippen molar-refractivity contribution in [2.75, 3.05) is 0 Å². The van der Waals surface area contributed by atoms with Gasteiger partial charge in [0.25, 0.3) is 0 Å². The number of aliphatic imine (C=N–C) groups is 1. The molecule has 0 amide bonds. The van der Waals surface area contributed by atoms with E-state index in [0.29, 0.717) is 0 Å². The van der Waals surface area contributed by atoms with Gasteiger partial charge in [0.15, 0.2) is 5.29 Å². The molecule has 0 aliphatic carbocycles. The van der Waals surface area contributed by atoms with Crippen molar-refractivity contribution < 1.29 is 0 Å². The van der Waals surface area contributed by atoms with Crippen LogP contribution < -0.4 is 5.73 Å². The third-order valence-electron chi connectivity index (χ3n) is 0.188. The molecule has 0 aliphatic heterocycles. The monoisotopic (exact) mass is 105 g/mol. The summed E-state index contributed by atoms with van der Waals surface area (Å²) in [5.41, 5.74) is 4.77. The molecule has 3 N–H and O–H groups in total. The first kappa shape index (κ1) is 5.43. The van der Waals surface area contributed by atoms with Crippen LogP contribution in [0.2, 0.25) is 0 Å². The molecule has 0 radical (unpaired) electrons. The van der Waals surface area contributed by atoms with E-state index >= 15 is 0 Å². The van der Waals surface area contributed by atoms with Gasteiger partial charge in [-0.05, 0) is 11.6 Å². The smallest absolute Gasteiger partial charge is 0.194 e. The molecule has 0 saturated carbocycles. The van der Waals surface area contributed by atoms with Gasteiger partial charge in [-0.15, -0.1) is 0 Å². The van der Waals surface area contributed by atoms with Crippen LogP contribution in [-0.2, 0) is 0 Å². The Kier molecular flexibility index (Phi) is 2.40. The normalized spacial score (nSPS) is 11.2. The Morgan fingerprint density at radius 3 is 2.50 bits per heavy atom. The van der Waals surface area contributed by atoms with E-state index in [1.807, 2.05) is 0 Å². The minimum Gasteiger partial charge on any atom is -0.374 e. The summed E-state index contributed by atoms with van der Waals surface area (Å²) in [6.45, 7) is 0. The van der Waals surface area contributed by atoms with Gasteiger partial charge >= 0.3 is 0 Å². The highest BCUT2D eigenvalue weighted by Crippen LogP contribution is 1.68. The van der Waals surface area contributed by atoms with Gasteiger partial charge in [0, 0.05) is 0 Å². The first-order chi connectivity index (χ1) is 2.77. The van der Waals surface area contributed by atoms with E-state index in [1.54, 1.807) is 0 Å². The van der Waals surface area contributed by atoms with Crippen molar-refractivity contribution in [2.24, 2.45) is 10.7 Å². The predicted octanol–water partition coefficient (Wildman–Crippen LogP) is 0.147. The van der Waals surface area contributed by atoms with E-state index in [9.17, 15) is 0 Å². The summed E-state index contributed by atoms with van der Waals surface area (Å²) in [6.07, 6.45) is 0.780. The van der Waals surface area contributed by atoms with Crippen molar-refractivity contribution in [3.63, 3.8) is 0 Å². The molecule has 4 heteroatoms. The van der Waals surface area contributed by atoms with Crippen LogP contribution in [0, 0.1) is 5.41 Å². The largest absolute Gasteiger partial charge is 0.374 e. The Morgan fingerprint density at radius 2 is 2.50 bits per heavy atom. The van der Waals surface area contributed by atoms with Crippen molar-refractivity contribution >= 4 is 23.2 Å². The predicted molar refractivity (Wildman–Crippen MR) is 26.3 cm³/mol. The van der Waals surface area contributed by atoms with Crippen molar-refractivity contribution in [2.45, 2.75) is 0 Å². The number of hydrogen-bond acceptors (Lipinski definition) is 1. The number of rotatable bonds is 1. The van der Waals surface area contributed by atoms with Crippen LogP contribution >= 0.6 is 11.6 Å². The lowest BCUT2D eigenvalue weighted by molar-refractivity contribution is 1.51. The van der Waals surface area contributed by atoms with E-state index in [4.69, 9.17) is 22.7 Å². The fourth-order valence-electron chi connectivity index (χ4n) is 0.0617. The number of halogens is 1. The maximum Gasteiger partial charge on any atom is 0.194 e. The van der Waals surface area contributed by atoms with Crippen LogP contribution in [0.1, 0.15) is 0 Å². The Morgan fingerprint density at radius 1 is 2.00 bits per heavy atom. The number of nitrogens with one attached hydrogen (secondary N) is 1. The van der Waals surface area contributed by atoms with E-state index in [0.717, 1.165) is 6.34 Å². The Balaban J connectivity index is 3.41. The molecule has 6 heavy (non-hydrogen) atoms. The van der Waals surface area contributed by atoms with Gasteiger partial charge in [-0.2, -0.15) is 0 Å². The number of hydrogen-bond donors (Lipinski definition) is 2. The highest BCUT2D eigenvalue weighted by atomic mass is 35.5. The van der Waals surface area contributed by atoms with E-state index < -0.39 is 0 Å². The summed E-state index contributed by atoms with van der Waals surface area (Å²) in [5, 5.41) is 6.15. The fraction of sp³-hybridized carbons (Fsp3) is 0. The number of amidine groups is 1. The molecule has 0 atom stereocenters. The lowest BCUT2D eigenvalue weighted by Crippen LogP contribution is -2.00. The molecule has 0 fully saturated rings. The minimum absolute atomic E-state index is 0.106. The second-order valence-electron chi connectivity index (χ2n) is 0.581. The van der Waals surface area contributed by atoms with E-state index in [1.165, 1.54) is 0 Å². The molecule has 0 aliphatic rings. The van der Waals surface area contributed by atoms with Crippen LogP contribution in [0.4, 0.5) is 0 Å². The molecular weight excluding hydrogens is 101 g/mol. The molecule has 0 unspecified atom stereocenters. The van der Waals surface area contributed by atoms with Crippen LogP contribution in [0.25, 0.3) is 0 Å². The highest BCUT2D eigenvalue weighted by Gasteiger charge is 1.69. The third kappa shape index (κ3) is 3.43. The number of nitrogens with zero attached hydrogens (tertiary/aromatic N) is 1. The van der Waals surface area contributed by atoms with Crippen LogP contribution in [0.3, 0.4) is 0 Å². The van der Waals surface area contributed by atoms with Gasteiger partial charge in [-0.25, -0.2) is 4.99 Å². The van der Waals surface area contributed by atoms with Crippen LogP contribution in [0.5, 0.6) is 0 Å². The maximum absolute atomic E-state index is 6.26. The molecule has 0 aromatic heterocycles. The summed E-state index contributed by atoms with van der Waals surface area (Å²) in [4.78, 5) is 3.13. The Labute approximate surface area is 40.3 Å². The van der Waals surface area contributed by atoms with E-state index in [2.05, 4.69) is 4.99 Å². The standard InChI is InChI=1S/C2H4ClN3/c3-2(5)6-1-4/h1H,(H3,4,5,6). The summed E-state index contributed by atoms with van der Waals surface area (Å²) < 4.78 is 0. The average molecular weight is 106 g/mol. The first-order valence-electron chi connectivity index (χ1n) is 1.25. The molecule has 0 rings (SSSR count). The van der Waals surface area contributed by atoms with Crippen molar-refractivity contribution in [1.82, 2.24) is 0 Å². The second kappa shape index (κ2) is 2.66. The van der Waals surface area contributed by atoms with Gasteiger partial charge in [0.05, 0.1) is 0 Å². The van der Waals surface area contributed by atoms with Gasteiger partial charge in [0.2, 0.25) is 0 Å². The molecule has 0 bridgehead atoms. The second-order valence-corrected chi connectivity index (χ2v) is 0.968. The van der Waals surface area contributed by atoms with Crippen molar-refractivity contribution in [1.29, 1.82) is 5.41 Å². The fourth-order valence-corrected chi connectivity index (χ4v) is 0.110. The lowest BCUT2D eigenvalue weighted by atomic mass is 11.2. The minimum atomic E-state index is -0.106. The lowest BCUT2D eigenvalue weighted by Gasteiger charge is -1.73. The molecule has 0 heterocycles. The van der Waals surface area contributed by atoms with Crippen molar-refractivity contribution in [3.05, 3.63) is 0 Å². The quantitative estimate of drug-likeness (QED) is 0.278. The Bertz CT molecular complexity index is 72.9.